The maximum Gasteiger partial charge on any atom is 0.260 e. The molecule has 1 aliphatic rings. The lowest BCUT2D eigenvalue weighted by Gasteiger charge is -2.28. The summed E-state index contributed by atoms with van der Waals surface area (Å²) in [4.78, 5) is 14.1. The van der Waals surface area contributed by atoms with E-state index in [4.69, 9.17) is 9.47 Å². The molecular formula is C16H22BrNO5S. The number of sulfone groups is 1. The van der Waals surface area contributed by atoms with Crippen molar-refractivity contribution in [2.24, 2.45) is 0 Å². The van der Waals surface area contributed by atoms with Crippen LogP contribution in [0, 0.1) is 6.92 Å². The molecule has 0 unspecified atom stereocenters. The predicted molar refractivity (Wildman–Crippen MR) is 95.0 cm³/mol. The van der Waals surface area contributed by atoms with Crippen LogP contribution in [0.2, 0.25) is 0 Å². The van der Waals surface area contributed by atoms with Crippen molar-refractivity contribution < 1.29 is 22.7 Å². The summed E-state index contributed by atoms with van der Waals surface area (Å²) in [5.41, 5.74) is 1.08. The largest absolute Gasteiger partial charge is 0.483 e. The Morgan fingerprint density at radius 2 is 2.17 bits per heavy atom. The number of hydrogen-bond donors (Lipinski definition) is 0. The van der Waals surface area contributed by atoms with E-state index in [-0.39, 0.29) is 30.1 Å². The van der Waals surface area contributed by atoms with Gasteiger partial charge in [0.1, 0.15) is 5.75 Å². The van der Waals surface area contributed by atoms with Gasteiger partial charge in [0, 0.05) is 19.7 Å². The van der Waals surface area contributed by atoms with Crippen LogP contribution in [0.15, 0.2) is 22.7 Å². The van der Waals surface area contributed by atoms with Gasteiger partial charge in [-0.2, -0.15) is 0 Å². The van der Waals surface area contributed by atoms with E-state index in [0.717, 1.165) is 10.0 Å². The zero-order valence-electron chi connectivity index (χ0n) is 13.8. The molecule has 0 spiro atoms. The predicted octanol–water partition coefficient (Wildman–Crippen LogP) is 1.80. The molecular weight excluding hydrogens is 398 g/mol. The molecule has 0 radical (unpaired) electrons. The van der Waals surface area contributed by atoms with Gasteiger partial charge in [-0.1, -0.05) is 6.07 Å². The van der Waals surface area contributed by atoms with Gasteiger partial charge in [0.25, 0.3) is 5.91 Å². The van der Waals surface area contributed by atoms with Crippen LogP contribution in [0.3, 0.4) is 0 Å². The number of methoxy groups -OCH3 is 1. The van der Waals surface area contributed by atoms with Gasteiger partial charge >= 0.3 is 0 Å². The monoisotopic (exact) mass is 419 g/mol. The number of nitrogens with zero attached hydrogens (tertiary/aromatic N) is 1. The molecule has 8 heteroatoms. The summed E-state index contributed by atoms with van der Waals surface area (Å²) in [5, 5.41) is 0. The molecule has 0 N–H and O–H groups in total. The van der Waals surface area contributed by atoms with Gasteiger partial charge in [-0.25, -0.2) is 8.42 Å². The Morgan fingerprint density at radius 3 is 2.75 bits per heavy atom. The molecule has 0 bridgehead atoms. The molecule has 0 aromatic heterocycles. The van der Waals surface area contributed by atoms with Crippen LogP contribution in [0.5, 0.6) is 5.75 Å². The van der Waals surface area contributed by atoms with E-state index in [9.17, 15) is 13.2 Å². The summed E-state index contributed by atoms with van der Waals surface area (Å²) in [7, 11) is -1.51. The number of benzene rings is 1. The van der Waals surface area contributed by atoms with Crippen LogP contribution >= 0.6 is 15.9 Å². The zero-order valence-corrected chi connectivity index (χ0v) is 16.2. The highest BCUT2D eigenvalue weighted by molar-refractivity contribution is 9.10. The molecule has 6 nitrogen and oxygen atoms in total. The van der Waals surface area contributed by atoms with E-state index in [1.165, 1.54) is 0 Å². The van der Waals surface area contributed by atoms with Crippen LogP contribution in [0.4, 0.5) is 0 Å². The molecule has 0 saturated carbocycles. The highest BCUT2D eigenvalue weighted by atomic mass is 79.9. The first-order chi connectivity index (χ1) is 11.3. The maximum absolute atomic E-state index is 12.5. The highest BCUT2D eigenvalue weighted by Crippen LogP contribution is 2.26. The fraction of sp³-hybridized carbons (Fsp3) is 0.562. The third-order valence-electron chi connectivity index (χ3n) is 3.94. The fourth-order valence-corrected chi connectivity index (χ4v) is 5.01. The van der Waals surface area contributed by atoms with Gasteiger partial charge in [0.15, 0.2) is 16.4 Å². The van der Waals surface area contributed by atoms with Crippen LogP contribution in [-0.4, -0.2) is 63.6 Å². The number of carbonyl (C=O) groups excluding carboxylic acids is 1. The fourth-order valence-electron chi connectivity index (χ4n) is 2.67. The van der Waals surface area contributed by atoms with Gasteiger partial charge in [0.05, 0.1) is 22.6 Å². The molecule has 1 aromatic carbocycles. The Bertz CT molecular complexity index is 692. The Labute approximate surface area is 151 Å². The number of hydrogen-bond acceptors (Lipinski definition) is 5. The lowest BCUT2D eigenvalue weighted by Crippen LogP contribution is -2.45. The van der Waals surface area contributed by atoms with Crippen LogP contribution < -0.4 is 4.74 Å². The number of halogens is 1. The van der Waals surface area contributed by atoms with Gasteiger partial charge < -0.3 is 14.4 Å². The van der Waals surface area contributed by atoms with Crippen molar-refractivity contribution in [2.75, 3.05) is 38.4 Å². The Balaban J connectivity index is 2.02. The van der Waals surface area contributed by atoms with Gasteiger partial charge in [0.2, 0.25) is 0 Å². The average molecular weight is 420 g/mol. The molecule has 1 fully saturated rings. The molecule has 1 saturated heterocycles. The number of ether oxygens (including phenoxy) is 2. The minimum Gasteiger partial charge on any atom is -0.483 e. The lowest BCUT2D eigenvalue weighted by atomic mass is 10.2. The molecule has 24 heavy (non-hydrogen) atoms. The van der Waals surface area contributed by atoms with Gasteiger partial charge in [-0.15, -0.1) is 0 Å². The second-order valence-corrected chi connectivity index (χ2v) is 8.94. The molecule has 2 rings (SSSR count). The number of aryl methyl sites for hydroxylation is 1. The van der Waals surface area contributed by atoms with E-state index in [1.54, 1.807) is 18.1 Å². The minimum atomic E-state index is -3.06. The summed E-state index contributed by atoms with van der Waals surface area (Å²) >= 11 is 3.41. The topological polar surface area (TPSA) is 72.9 Å². The normalized spacial score (nSPS) is 19.2. The molecule has 0 aliphatic carbocycles. The van der Waals surface area contributed by atoms with Crippen LogP contribution in [0.1, 0.15) is 12.0 Å². The van der Waals surface area contributed by atoms with Crippen LogP contribution in [-0.2, 0) is 19.4 Å². The molecule has 134 valence electrons. The summed E-state index contributed by atoms with van der Waals surface area (Å²) in [6, 6.07) is 5.30. The van der Waals surface area contributed by atoms with E-state index >= 15 is 0 Å². The van der Waals surface area contributed by atoms with Crippen molar-refractivity contribution in [3.05, 3.63) is 28.2 Å². The van der Waals surface area contributed by atoms with Crippen molar-refractivity contribution in [1.82, 2.24) is 4.90 Å². The van der Waals surface area contributed by atoms with E-state index in [1.807, 2.05) is 19.1 Å². The van der Waals surface area contributed by atoms with E-state index in [0.29, 0.717) is 25.3 Å². The number of rotatable bonds is 7. The molecule has 1 amide bonds. The molecule has 1 heterocycles. The number of amides is 1. The van der Waals surface area contributed by atoms with Gasteiger partial charge in [-0.3, -0.25) is 4.79 Å². The quantitative estimate of drug-likeness (QED) is 0.673. The van der Waals surface area contributed by atoms with Crippen molar-refractivity contribution in [2.45, 2.75) is 19.4 Å². The summed E-state index contributed by atoms with van der Waals surface area (Å²) < 4.78 is 34.8. The Kier molecular flexibility index (Phi) is 6.65. The smallest absolute Gasteiger partial charge is 0.260 e. The first kappa shape index (κ1) is 19.2. The van der Waals surface area contributed by atoms with Gasteiger partial charge in [-0.05, 0) is 47.0 Å². The third kappa shape index (κ3) is 5.19. The average Bonchev–Trinajstić information content (AvgIpc) is 2.86. The standard InChI is InChI=1S/C16H22BrNO5S/c1-12-3-4-15(14(17)9-12)23-10-16(19)18(6-7-22-2)13-5-8-24(20,21)11-13/h3-4,9,13H,5-8,10-11H2,1-2H3/t13-/m1/s1. The van der Waals surface area contributed by atoms with E-state index < -0.39 is 9.84 Å². The summed E-state index contributed by atoms with van der Waals surface area (Å²) in [6.07, 6.45) is 0.464. The summed E-state index contributed by atoms with van der Waals surface area (Å²) in [6.45, 7) is 2.54. The van der Waals surface area contributed by atoms with Crippen molar-refractivity contribution in [1.29, 1.82) is 0 Å². The second kappa shape index (κ2) is 8.31. The first-order valence-electron chi connectivity index (χ1n) is 7.70. The first-order valence-corrected chi connectivity index (χ1v) is 10.3. The highest BCUT2D eigenvalue weighted by Gasteiger charge is 2.34. The van der Waals surface area contributed by atoms with E-state index in [2.05, 4.69) is 15.9 Å². The SMILES string of the molecule is COCCN(C(=O)COc1ccc(C)cc1Br)[C@@H]1CCS(=O)(=O)C1. The molecule has 1 aliphatic heterocycles. The molecule has 1 atom stereocenters. The zero-order chi connectivity index (χ0) is 17.7. The Hall–Kier alpha value is -1.12. The second-order valence-electron chi connectivity index (χ2n) is 5.86. The van der Waals surface area contributed by atoms with Crippen molar-refractivity contribution in [3.63, 3.8) is 0 Å². The Morgan fingerprint density at radius 1 is 1.42 bits per heavy atom. The van der Waals surface area contributed by atoms with Crippen LogP contribution in [0.25, 0.3) is 0 Å². The van der Waals surface area contributed by atoms with Crippen molar-refractivity contribution in [3.8, 4) is 5.75 Å². The summed E-state index contributed by atoms with van der Waals surface area (Å²) in [5.74, 6) is 0.483. The van der Waals surface area contributed by atoms with Crippen molar-refractivity contribution >= 4 is 31.7 Å². The third-order valence-corrected chi connectivity index (χ3v) is 6.31. The maximum atomic E-state index is 12.5. The minimum absolute atomic E-state index is 0.0106. The molecule has 1 aromatic rings. The number of carbonyl (C=O) groups is 1. The lowest BCUT2D eigenvalue weighted by molar-refractivity contribution is -0.136.